The Hall–Kier alpha value is -3.47. The van der Waals surface area contributed by atoms with Gasteiger partial charge in [0.15, 0.2) is 5.78 Å². The molecule has 1 fully saturated rings. The van der Waals surface area contributed by atoms with Gasteiger partial charge in [-0.1, -0.05) is 12.1 Å². The molecule has 0 saturated carbocycles. The van der Waals surface area contributed by atoms with Gasteiger partial charge in [0.25, 0.3) is 0 Å². The predicted molar refractivity (Wildman–Crippen MR) is 90.9 cm³/mol. The number of hydrogen-bond acceptors (Lipinski definition) is 5. The fourth-order valence-corrected chi connectivity index (χ4v) is 3.14. The van der Waals surface area contributed by atoms with E-state index in [1.165, 1.54) is 35.8 Å². The van der Waals surface area contributed by atoms with E-state index in [-0.39, 0.29) is 16.7 Å². The topological polar surface area (TPSA) is 129 Å². The van der Waals surface area contributed by atoms with Gasteiger partial charge in [-0.25, -0.2) is 9.59 Å². The van der Waals surface area contributed by atoms with Gasteiger partial charge in [0.05, 0.1) is 11.6 Å². The molecular formula is C18H14F3N3O5. The summed E-state index contributed by atoms with van der Waals surface area (Å²) in [7, 11) is 0. The van der Waals surface area contributed by atoms with Crippen molar-refractivity contribution in [1.29, 1.82) is 0 Å². The van der Waals surface area contributed by atoms with E-state index >= 15 is 0 Å². The number of aromatic carboxylic acids is 1. The van der Waals surface area contributed by atoms with Gasteiger partial charge in [-0.05, 0) is 29.8 Å². The first-order chi connectivity index (χ1) is 13.5. The maximum absolute atomic E-state index is 13.7. The predicted octanol–water partition coefficient (Wildman–Crippen LogP) is 1.88. The van der Waals surface area contributed by atoms with Crippen molar-refractivity contribution in [2.75, 3.05) is 0 Å². The third kappa shape index (κ3) is 3.63. The van der Waals surface area contributed by atoms with E-state index in [4.69, 9.17) is 5.11 Å². The molecule has 4 N–H and O–H groups in total. The monoisotopic (exact) mass is 409 g/mol. The zero-order valence-corrected chi connectivity index (χ0v) is 14.5. The highest BCUT2D eigenvalue weighted by molar-refractivity contribution is 6.00. The van der Waals surface area contributed by atoms with E-state index in [0.29, 0.717) is 0 Å². The maximum Gasteiger partial charge on any atom is 0.437 e. The molecule has 11 heteroatoms. The number of ketones is 1. The average Bonchev–Trinajstić information content (AvgIpc) is 2.67. The van der Waals surface area contributed by atoms with Crippen molar-refractivity contribution in [2.45, 2.75) is 17.9 Å². The van der Waals surface area contributed by atoms with E-state index in [1.807, 2.05) is 0 Å². The highest BCUT2D eigenvalue weighted by Crippen LogP contribution is 2.43. The summed E-state index contributed by atoms with van der Waals surface area (Å²) in [6.07, 6.45) is -3.03. The fraction of sp³-hybridized carbons (Fsp3) is 0.222. The van der Waals surface area contributed by atoms with Crippen LogP contribution < -0.4 is 10.6 Å². The fourth-order valence-electron chi connectivity index (χ4n) is 3.14. The van der Waals surface area contributed by atoms with Gasteiger partial charge in [-0.15, -0.1) is 0 Å². The molecule has 29 heavy (non-hydrogen) atoms. The molecule has 3 unspecified atom stereocenters. The summed E-state index contributed by atoms with van der Waals surface area (Å²) in [5.41, 5.74) is -4.20. The molecular weight excluding hydrogens is 395 g/mol. The molecule has 2 amide bonds. The van der Waals surface area contributed by atoms with E-state index in [0.717, 1.165) is 18.3 Å². The van der Waals surface area contributed by atoms with Crippen molar-refractivity contribution in [2.24, 2.45) is 5.92 Å². The number of aliphatic hydroxyl groups is 1. The van der Waals surface area contributed by atoms with Gasteiger partial charge in [0.2, 0.25) is 5.72 Å². The maximum atomic E-state index is 13.7. The Bertz CT molecular complexity index is 949. The van der Waals surface area contributed by atoms with Crippen LogP contribution in [0.25, 0.3) is 0 Å². The first-order valence-corrected chi connectivity index (χ1v) is 8.20. The molecule has 1 aromatic carbocycles. The van der Waals surface area contributed by atoms with Gasteiger partial charge in [0.1, 0.15) is 5.92 Å². The lowest BCUT2D eigenvalue weighted by Crippen LogP contribution is -2.72. The highest BCUT2D eigenvalue weighted by atomic mass is 19.4. The number of nitrogens with one attached hydrogen (secondary N) is 2. The number of carboxylic acids is 1. The number of urea groups is 1. The smallest absolute Gasteiger partial charge is 0.437 e. The standard InChI is InChI=1S/C18H14F3N3O5/c19-18(20,21)17(29)12(14(25)11-2-1-7-22-8-11)13(23-16(28)24-17)9-3-5-10(6-4-9)15(26)27/h1-8,12-13,29H,(H,26,27)(H2,23,24,28). The third-order valence-electron chi connectivity index (χ3n) is 4.55. The Kier molecular flexibility index (Phi) is 5.01. The van der Waals surface area contributed by atoms with E-state index < -0.39 is 41.6 Å². The molecule has 3 atom stereocenters. The Morgan fingerprint density at radius 3 is 2.28 bits per heavy atom. The minimum Gasteiger partial charge on any atom is -0.478 e. The first kappa shape index (κ1) is 20.3. The summed E-state index contributed by atoms with van der Waals surface area (Å²) >= 11 is 0. The summed E-state index contributed by atoms with van der Waals surface area (Å²) in [5, 5.41) is 23.0. The number of rotatable bonds is 4. The van der Waals surface area contributed by atoms with Crippen LogP contribution in [0.1, 0.15) is 32.3 Å². The minimum atomic E-state index is -5.38. The van der Waals surface area contributed by atoms with Crippen molar-refractivity contribution < 1.29 is 37.8 Å². The van der Waals surface area contributed by atoms with Crippen LogP contribution in [-0.2, 0) is 0 Å². The highest BCUT2D eigenvalue weighted by Gasteiger charge is 2.66. The summed E-state index contributed by atoms with van der Waals surface area (Å²) in [6.45, 7) is 0. The number of amides is 2. The number of carboxylic acid groups (broad SMARTS) is 1. The van der Waals surface area contributed by atoms with E-state index in [2.05, 4.69) is 10.3 Å². The van der Waals surface area contributed by atoms with Gasteiger partial charge in [-0.2, -0.15) is 13.2 Å². The molecule has 0 bridgehead atoms. The van der Waals surface area contributed by atoms with E-state index in [9.17, 15) is 32.7 Å². The van der Waals surface area contributed by atoms with Crippen LogP contribution in [0.4, 0.5) is 18.0 Å². The average molecular weight is 409 g/mol. The van der Waals surface area contributed by atoms with Gasteiger partial charge >= 0.3 is 18.2 Å². The Labute approximate surface area is 161 Å². The molecule has 8 nitrogen and oxygen atoms in total. The first-order valence-electron chi connectivity index (χ1n) is 8.20. The number of carbonyl (C=O) groups excluding carboxylic acids is 2. The summed E-state index contributed by atoms with van der Waals surface area (Å²) in [6, 6.07) is 4.20. The van der Waals surface area contributed by atoms with Crippen LogP contribution in [0.2, 0.25) is 0 Å². The summed E-state index contributed by atoms with van der Waals surface area (Å²) < 4.78 is 41.2. The Balaban J connectivity index is 2.14. The number of pyridine rings is 1. The van der Waals surface area contributed by atoms with Crippen molar-refractivity contribution in [1.82, 2.24) is 15.6 Å². The molecule has 152 valence electrons. The molecule has 1 aliphatic heterocycles. The van der Waals surface area contributed by atoms with Crippen LogP contribution in [0.5, 0.6) is 0 Å². The lowest BCUT2D eigenvalue weighted by molar-refractivity contribution is -0.287. The van der Waals surface area contributed by atoms with E-state index in [1.54, 1.807) is 0 Å². The number of Topliss-reactive ketones (excluding diaryl/α,β-unsaturated/α-hetero) is 1. The van der Waals surface area contributed by atoms with Crippen molar-refractivity contribution in [3.63, 3.8) is 0 Å². The second kappa shape index (κ2) is 7.17. The number of carbonyl (C=O) groups is 3. The van der Waals surface area contributed by atoms with Gasteiger partial charge in [0, 0.05) is 18.0 Å². The van der Waals surface area contributed by atoms with Crippen LogP contribution in [0, 0.1) is 5.92 Å². The number of hydrogen-bond donors (Lipinski definition) is 4. The molecule has 1 saturated heterocycles. The second-order valence-corrected chi connectivity index (χ2v) is 6.35. The number of benzene rings is 1. The quantitative estimate of drug-likeness (QED) is 0.571. The van der Waals surface area contributed by atoms with Crippen molar-refractivity contribution in [3.8, 4) is 0 Å². The minimum absolute atomic E-state index is 0.00904. The molecule has 3 rings (SSSR count). The normalized spacial score (nSPS) is 24.3. The van der Waals surface area contributed by atoms with Gasteiger partial charge < -0.3 is 20.8 Å². The van der Waals surface area contributed by atoms with Crippen LogP contribution >= 0.6 is 0 Å². The molecule has 1 aliphatic rings. The van der Waals surface area contributed by atoms with Crippen LogP contribution in [-0.4, -0.2) is 44.9 Å². The lowest BCUT2D eigenvalue weighted by Gasteiger charge is -2.45. The molecule has 0 spiro atoms. The third-order valence-corrected chi connectivity index (χ3v) is 4.55. The second-order valence-electron chi connectivity index (χ2n) is 6.35. The zero-order chi connectivity index (χ0) is 21.4. The van der Waals surface area contributed by atoms with Gasteiger partial charge in [-0.3, -0.25) is 9.78 Å². The largest absolute Gasteiger partial charge is 0.478 e. The number of alkyl halides is 3. The molecule has 2 heterocycles. The molecule has 0 aliphatic carbocycles. The summed E-state index contributed by atoms with van der Waals surface area (Å²) in [4.78, 5) is 39.5. The molecule has 2 aromatic rings. The zero-order valence-electron chi connectivity index (χ0n) is 14.5. The van der Waals surface area contributed by atoms with Crippen LogP contribution in [0.3, 0.4) is 0 Å². The molecule has 1 aromatic heterocycles. The van der Waals surface area contributed by atoms with Crippen molar-refractivity contribution in [3.05, 3.63) is 65.5 Å². The number of nitrogens with zero attached hydrogens (tertiary/aromatic N) is 1. The SMILES string of the molecule is O=C1NC(c2ccc(C(=O)O)cc2)C(C(=O)c2cccnc2)C(O)(C(F)(F)F)N1. The summed E-state index contributed by atoms with van der Waals surface area (Å²) in [5.74, 6) is -4.58. The van der Waals surface area contributed by atoms with Crippen molar-refractivity contribution >= 4 is 17.8 Å². The Morgan fingerprint density at radius 2 is 1.76 bits per heavy atom. The number of aromatic nitrogens is 1. The Morgan fingerprint density at radius 1 is 1.10 bits per heavy atom. The van der Waals surface area contributed by atoms with Crippen LogP contribution in [0.15, 0.2) is 48.8 Å². The lowest BCUT2D eigenvalue weighted by atomic mass is 9.77. The molecule has 0 radical (unpaired) electrons. The number of halogens is 3.